The molecule has 0 unspecified atom stereocenters. The number of halogens is 2. The zero-order valence-corrected chi connectivity index (χ0v) is 22.2. The summed E-state index contributed by atoms with van der Waals surface area (Å²) >= 11 is 11.9. The Morgan fingerprint density at radius 3 is 1.93 bits per heavy atom. The van der Waals surface area contributed by atoms with E-state index in [1.54, 1.807) is 0 Å². The predicted molar refractivity (Wildman–Crippen MR) is 120 cm³/mol. The van der Waals surface area contributed by atoms with E-state index in [1.165, 1.54) is 22.3 Å². The Hall–Kier alpha value is -0.760. The summed E-state index contributed by atoms with van der Waals surface area (Å²) < 4.78 is -0.556. The van der Waals surface area contributed by atoms with Crippen molar-refractivity contribution in [2.75, 3.05) is 0 Å². The zero-order valence-electron chi connectivity index (χ0n) is 17.0. The molecule has 3 aromatic carbocycles. The molecule has 0 amide bonds. The first-order valence-electron chi connectivity index (χ1n) is 9.46. The summed E-state index contributed by atoms with van der Waals surface area (Å²) in [6.45, 7) is 8.11. The normalized spacial score (nSPS) is 11.4. The summed E-state index contributed by atoms with van der Waals surface area (Å²) in [6.07, 6.45) is 1.05. The molecule has 0 spiro atoms. The van der Waals surface area contributed by atoms with Crippen LogP contribution in [0.4, 0.5) is 0 Å². The van der Waals surface area contributed by atoms with Crippen LogP contribution >= 0.6 is 23.2 Å². The summed E-state index contributed by atoms with van der Waals surface area (Å²) in [7, 11) is 0. The minimum absolute atomic E-state index is 0. The van der Waals surface area contributed by atoms with Gasteiger partial charge in [0.15, 0.2) is 0 Å². The van der Waals surface area contributed by atoms with Gasteiger partial charge in [0.05, 0.1) is 0 Å². The minimum Gasteiger partial charge on any atom is -0.214 e. The third-order valence-corrected chi connectivity index (χ3v) is 6.46. The summed E-state index contributed by atoms with van der Waals surface area (Å²) in [5.74, 6) is 0.640. The van der Waals surface area contributed by atoms with Crippen LogP contribution in [0.3, 0.4) is 0 Å². The fourth-order valence-electron chi connectivity index (χ4n) is 2.99. The van der Waals surface area contributed by atoms with E-state index in [4.69, 9.17) is 23.2 Å². The van der Waals surface area contributed by atoms with Gasteiger partial charge in [0.2, 0.25) is 0 Å². The number of fused-ring (bicyclic) bond motifs is 3. The van der Waals surface area contributed by atoms with Crippen molar-refractivity contribution in [1.29, 1.82) is 0 Å². The first kappa shape index (κ1) is 25.3. The maximum Gasteiger partial charge on any atom is 0.122 e. The van der Waals surface area contributed by atoms with Gasteiger partial charge in [0.1, 0.15) is 4.33 Å². The Morgan fingerprint density at radius 2 is 1.43 bits per heavy atom. The zero-order chi connectivity index (χ0) is 19.9. The Morgan fingerprint density at radius 1 is 0.857 bits per heavy atom. The molecule has 28 heavy (non-hydrogen) atoms. The van der Waals surface area contributed by atoms with Crippen LogP contribution in [0, 0.1) is 17.9 Å². The van der Waals surface area contributed by atoms with E-state index in [0.717, 1.165) is 6.42 Å². The maximum atomic E-state index is 5.97. The molecular formula is C25H28Cl2Hf-2. The van der Waals surface area contributed by atoms with Crippen LogP contribution in [0.2, 0.25) is 0 Å². The second-order valence-corrected chi connectivity index (χ2v) is 8.79. The smallest absolute Gasteiger partial charge is 0.122 e. The molecule has 1 aliphatic carbocycles. The van der Waals surface area contributed by atoms with Crippen LogP contribution in [0.15, 0.2) is 72.8 Å². The molecule has 0 aromatic heterocycles. The van der Waals surface area contributed by atoms with E-state index < -0.39 is 4.33 Å². The van der Waals surface area contributed by atoms with E-state index in [1.807, 2.05) is 64.1 Å². The third-order valence-electron chi connectivity index (χ3n) is 4.71. The fraction of sp³-hybridized carbons (Fsp3) is 0.320. The quantitative estimate of drug-likeness (QED) is 0.129. The van der Waals surface area contributed by atoms with Crippen molar-refractivity contribution < 1.29 is 25.8 Å². The van der Waals surface area contributed by atoms with Crippen LogP contribution in [0.25, 0.3) is 11.1 Å². The molecule has 0 nitrogen and oxygen atoms in total. The van der Waals surface area contributed by atoms with Crippen molar-refractivity contribution in [1.82, 2.24) is 0 Å². The molecule has 0 aliphatic heterocycles. The third kappa shape index (κ3) is 6.94. The van der Waals surface area contributed by atoms with Crippen molar-refractivity contribution >= 4 is 23.2 Å². The molecule has 0 bridgehead atoms. The topological polar surface area (TPSA) is 0 Å². The molecule has 0 saturated carbocycles. The maximum absolute atomic E-state index is 5.97. The molecule has 148 valence electrons. The van der Waals surface area contributed by atoms with Crippen LogP contribution < -0.4 is 0 Å². The van der Waals surface area contributed by atoms with Gasteiger partial charge in [-0.15, -0.1) is 28.8 Å². The van der Waals surface area contributed by atoms with E-state index in [9.17, 15) is 0 Å². The van der Waals surface area contributed by atoms with Crippen molar-refractivity contribution in [2.24, 2.45) is 11.8 Å². The van der Waals surface area contributed by atoms with Gasteiger partial charge in [-0.25, -0.2) is 12.1 Å². The molecule has 3 aromatic rings. The van der Waals surface area contributed by atoms with Crippen molar-refractivity contribution in [3.63, 3.8) is 0 Å². The fourth-order valence-corrected chi connectivity index (χ4v) is 2.99. The number of benzene rings is 2. The van der Waals surface area contributed by atoms with Crippen molar-refractivity contribution in [3.05, 3.63) is 90.0 Å². The first-order valence-corrected chi connectivity index (χ1v) is 10.2. The Bertz CT molecular complexity index is 734. The molecule has 4 rings (SSSR count). The molecule has 0 atom stereocenters. The van der Waals surface area contributed by atoms with Crippen molar-refractivity contribution in [2.45, 2.75) is 38.4 Å². The molecule has 1 aliphatic rings. The van der Waals surface area contributed by atoms with Gasteiger partial charge in [-0.1, -0.05) is 63.1 Å². The van der Waals surface area contributed by atoms with Crippen LogP contribution in [-0.4, -0.2) is 4.33 Å². The molecule has 0 fully saturated rings. The SMILES string of the molecule is CC(C)C(Cl)(Cl)C(C)C.[Hf].[c-]1cccc2c1Cc1ccccc1-2.c1cc[cH-]c1. The molecule has 0 N–H and O–H groups in total. The largest absolute Gasteiger partial charge is 0.214 e. The molecule has 3 heteroatoms. The van der Waals surface area contributed by atoms with E-state index in [0.29, 0.717) is 11.8 Å². The van der Waals surface area contributed by atoms with Gasteiger partial charge in [0, 0.05) is 25.8 Å². The summed E-state index contributed by atoms with van der Waals surface area (Å²) in [5, 5.41) is 0. The van der Waals surface area contributed by atoms with Gasteiger partial charge >= 0.3 is 0 Å². The molecule has 0 saturated heterocycles. The second-order valence-electron chi connectivity index (χ2n) is 7.34. The Balaban J connectivity index is 0.000000229. The van der Waals surface area contributed by atoms with Gasteiger partial charge in [0.25, 0.3) is 0 Å². The Kier molecular flexibility index (Phi) is 10.9. The number of hydrogen-bond acceptors (Lipinski definition) is 0. The Labute approximate surface area is 199 Å². The summed E-state index contributed by atoms with van der Waals surface area (Å²) in [6, 6.07) is 28.1. The molecular weight excluding hydrogens is 550 g/mol. The predicted octanol–water partition coefficient (Wildman–Crippen LogP) is 7.93. The number of hydrogen-bond donors (Lipinski definition) is 0. The first-order chi connectivity index (χ1) is 12.8. The van der Waals surface area contributed by atoms with E-state index in [-0.39, 0.29) is 25.8 Å². The van der Waals surface area contributed by atoms with Crippen molar-refractivity contribution in [3.8, 4) is 11.1 Å². The average molecular weight is 578 g/mol. The summed E-state index contributed by atoms with van der Waals surface area (Å²) in [4.78, 5) is 0. The molecule has 0 radical (unpaired) electrons. The van der Waals surface area contributed by atoms with Gasteiger partial charge in [-0.2, -0.15) is 48.0 Å². The molecule has 0 heterocycles. The number of alkyl halides is 2. The second kappa shape index (κ2) is 12.1. The summed E-state index contributed by atoms with van der Waals surface area (Å²) in [5.41, 5.74) is 5.51. The van der Waals surface area contributed by atoms with Crippen LogP contribution in [-0.2, 0) is 32.3 Å². The van der Waals surface area contributed by atoms with Gasteiger partial charge in [-0.3, -0.25) is 0 Å². The van der Waals surface area contributed by atoms with Crippen LogP contribution in [0.1, 0.15) is 38.8 Å². The van der Waals surface area contributed by atoms with E-state index in [2.05, 4.69) is 42.5 Å². The van der Waals surface area contributed by atoms with Crippen LogP contribution in [0.5, 0.6) is 0 Å². The van der Waals surface area contributed by atoms with E-state index >= 15 is 0 Å². The number of rotatable bonds is 2. The standard InChI is InChI=1S/C13H9.C7H14Cl2.C5H5.Hf/c1-3-7-12-10(5-1)9-11-6-2-4-8-13(11)12;1-5(2)7(8,9)6(3)4;1-2-4-5-3-1;/h1-5,7-8H,9H2;5-6H,1-4H3;1-5H;/q-1;;-1;. The monoisotopic (exact) mass is 578 g/mol. The van der Waals surface area contributed by atoms with Gasteiger partial charge < -0.3 is 0 Å². The average Bonchev–Trinajstić information content (AvgIpc) is 3.33. The van der Waals surface area contributed by atoms with Gasteiger partial charge in [-0.05, 0) is 18.3 Å². The minimum atomic E-state index is -0.556.